The van der Waals surface area contributed by atoms with E-state index in [0.717, 1.165) is 6.42 Å². The van der Waals surface area contributed by atoms with Gasteiger partial charge in [-0.05, 0) is 50.3 Å². The van der Waals surface area contributed by atoms with E-state index in [1.165, 1.54) is 24.3 Å². The van der Waals surface area contributed by atoms with Crippen LogP contribution >= 0.6 is 0 Å². The zero-order chi connectivity index (χ0) is 38.0. The summed E-state index contributed by atoms with van der Waals surface area (Å²) in [6.45, 7) is 1.13. The summed E-state index contributed by atoms with van der Waals surface area (Å²) < 4.78 is 32.8. The van der Waals surface area contributed by atoms with Crippen molar-refractivity contribution in [1.29, 1.82) is 0 Å². The number of hydrogen-bond donors (Lipinski definition) is 1. The topological polar surface area (TPSA) is 257 Å². The Balaban J connectivity index is 0.000000833. The molecular formula is C32H39NO18. The number of carbonyl (C=O) groups is 7. The summed E-state index contributed by atoms with van der Waals surface area (Å²) in [6, 6.07) is 5.64. The van der Waals surface area contributed by atoms with Crippen molar-refractivity contribution in [3.05, 3.63) is 63.4 Å². The van der Waals surface area contributed by atoms with Crippen molar-refractivity contribution in [2.45, 2.75) is 46.0 Å². The fraction of sp³-hybridized carbons (Fsp3) is 0.469. The summed E-state index contributed by atoms with van der Waals surface area (Å²) in [5, 5.41) is 18.6. The molecule has 19 nitrogen and oxygen atoms in total. The second-order valence-electron chi connectivity index (χ2n) is 10.0. The van der Waals surface area contributed by atoms with Gasteiger partial charge in [-0.1, -0.05) is 31.6 Å². The maximum Gasteiger partial charge on any atom is 0.344 e. The van der Waals surface area contributed by atoms with Gasteiger partial charge in [0.2, 0.25) is 0 Å². The van der Waals surface area contributed by atoms with E-state index in [9.17, 15) is 48.8 Å². The fourth-order valence-electron chi connectivity index (χ4n) is 3.70. The number of rotatable bonds is 21. The second kappa shape index (κ2) is 25.0. The highest BCUT2D eigenvalue weighted by molar-refractivity contribution is 5.94. The average molecular weight is 726 g/mol. The van der Waals surface area contributed by atoms with Crippen LogP contribution < -0.4 is 4.74 Å². The molecule has 1 aliphatic rings. The zero-order valence-electron chi connectivity index (χ0n) is 27.9. The first kappa shape index (κ1) is 43.0. The van der Waals surface area contributed by atoms with Crippen molar-refractivity contribution < 1.29 is 81.8 Å². The predicted molar refractivity (Wildman–Crippen MR) is 168 cm³/mol. The van der Waals surface area contributed by atoms with E-state index in [1.54, 1.807) is 19.1 Å². The van der Waals surface area contributed by atoms with Crippen LogP contribution in [0, 0.1) is 16.0 Å². The van der Waals surface area contributed by atoms with Crippen molar-refractivity contribution in [2.75, 3.05) is 46.2 Å². The molecule has 0 amide bonds. The molecule has 0 saturated heterocycles. The van der Waals surface area contributed by atoms with Crippen molar-refractivity contribution in [3.8, 4) is 5.75 Å². The number of benzene rings is 1. The molecule has 1 unspecified atom stereocenters. The van der Waals surface area contributed by atoms with E-state index in [0.29, 0.717) is 31.4 Å². The number of aliphatic hydroxyl groups is 1. The maximum absolute atomic E-state index is 12.3. The minimum atomic E-state index is -1.07. The molecule has 1 aromatic carbocycles. The molecule has 0 aromatic heterocycles. The molecule has 19 heteroatoms. The predicted octanol–water partition coefficient (Wildman–Crippen LogP) is 2.28. The quantitative estimate of drug-likeness (QED) is 0.0362. The van der Waals surface area contributed by atoms with Crippen LogP contribution in [0.25, 0.3) is 0 Å². The van der Waals surface area contributed by atoms with Gasteiger partial charge in [0.25, 0.3) is 11.6 Å². The fourth-order valence-corrected chi connectivity index (χ4v) is 3.70. The molecule has 0 heterocycles. The SMILES string of the molecule is CCOC(=O)C1=CCC(C)C=C1O.O=COCC(=O)OCCOC(=O)COC(=O)COC(=O)c1ccccc1OC(=O)CCCCCO[N+](=O)[O-]. The van der Waals surface area contributed by atoms with Gasteiger partial charge in [-0.3, -0.25) is 9.59 Å². The normalized spacial score (nSPS) is 12.9. The van der Waals surface area contributed by atoms with Crippen LogP contribution in [0.5, 0.6) is 5.75 Å². The molecule has 0 bridgehead atoms. The molecule has 1 atom stereocenters. The molecule has 1 aromatic rings. The van der Waals surface area contributed by atoms with Gasteiger partial charge in [0.05, 0.1) is 18.8 Å². The van der Waals surface area contributed by atoms with E-state index in [-0.39, 0.29) is 55.7 Å². The Morgan fingerprint density at radius 2 is 1.49 bits per heavy atom. The monoisotopic (exact) mass is 725 g/mol. The minimum Gasteiger partial charge on any atom is -0.507 e. The third-order valence-corrected chi connectivity index (χ3v) is 6.01. The van der Waals surface area contributed by atoms with E-state index in [4.69, 9.17) is 14.2 Å². The van der Waals surface area contributed by atoms with Crippen molar-refractivity contribution in [1.82, 2.24) is 0 Å². The molecule has 0 fully saturated rings. The number of allylic oxidation sites excluding steroid dienone is 2. The number of carbonyl (C=O) groups excluding carboxylic acids is 7. The molecule has 0 saturated carbocycles. The average Bonchev–Trinajstić information content (AvgIpc) is 3.09. The van der Waals surface area contributed by atoms with Gasteiger partial charge in [-0.2, -0.15) is 0 Å². The Hall–Kier alpha value is -6.01. The molecule has 0 spiro atoms. The molecule has 0 aliphatic heterocycles. The first-order valence-electron chi connectivity index (χ1n) is 15.4. The second-order valence-corrected chi connectivity index (χ2v) is 10.0. The van der Waals surface area contributed by atoms with Crippen molar-refractivity contribution in [3.63, 3.8) is 0 Å². The van der Waals surface area contributed by atoms with Crippen LogP contribution in [0.3, 0.4) is 0 Å². The summed E-state index contributed by atoms with van der Waals surface area (Å²) in [6.07, 6.45) is 5.39. The smallest absolute Gasteiger partial charge is 0.344 e. The minimum absolute atomic E-state index is 0.0126. The standard InChI is InChI=1S/C22H25NO15.C10H14O3/c24-15-32-12-19(26)33-10-11-34-20(27)13-35-21(28)14-36-22(29)16-6-3-4-7-17(16)38-18(25)8-2-1-5-9-37-23(30)31;1-3-13-10(12)8-5-4-7(2)6-9(8)11/h3-4,6-7,15H,1-2,5,8-14H2;5-7,11H,3-4H2,1-2H3. The van der Waals surface area contributed by atoms with E-state index < -0.39 is 60.7 Å². The van der Waals surface area contributed by atoms with Crippen molar-refractivity contribution in [2.24, 2.45) is 5.92 Å². The lowest BCUT2D eigenvalue weighted by Gasteiger charge is -2.13. The third-order valence-electron chi connectivity index (χ3n) is 6.01. The highest BCUT2D eigenvalue weighted by Gasteiger charge is 2.20. The Kier molecular flexibility index (Phi) is 21.1. The third kappa shape index (κ3) is 19.5. The first-order chi connectivity index (χ1) is 24.4. The van der Waals surface area contributed by atoms with Crippen LogP contribution in [0.2, 0.25) is 0 Å². The maximum atomic E-state index is 12.3. The Morgan fingerprint density at radius 1 is 0.843 bits per heavy atom. The highest BCUT2D eigenvalue weighted by atomic mass is 16.9. The lowest BCUT2D eigenvalue weighted by atomic mass is 9.97. The van der Waals surface area contributed by atoms with E-state index in [2.05, 4.69) is 23.8 Å². The van der Waals surface area contributed by atoms with Gasteiger partial charge in [0.15, 0.2) is 19.8 Å². The number of ether oxygens (including phenoxy) is 7. The van der Waals surface area contributed by atoms with Crippen molar-refractivity contribution >= 4 is 42.3 Å². The number of aliphatic hydroxyl groups excluding tert-OH is 1. The van der Waals surface area contributed by atoms with Gasteiger partial charge in [-0.25, -0.2) is 24.0 Å². The van der Waals surface area contributed by atoms with Crippen LogP contribution in [-0.4, -0.2) is 98.7 Å². The highest BCUT2D eigenvalue weighted by Crippen LogP contribution is 2.22. The number of para-hydroxylation sites is 1. The number of esters is 6. The first-order valence-corrected chi connectivity index (χ1v) is 15.4. The largest absolute Gasteiger partial charge is 0.507 e. The van der Waals surface area contributed by atoms with Gasteiger partial charge < -0.3 is 43.1 Å². The van der Waals surface area contributed by atoms with Crippen LogP contribution in [0.15, 0.2) is 47.7 Å². The van der Waals surface area contributed by atoms with Gasteiger partial charge in [0.1, 0.15) is 30.3 Å². The summed E-state index contributed by atoms with van der Waals surface area (Å²) in [4.78, 5) is 94.1. The summed E-state index contributed by atoms with van der Waals surface area (Å²) >= 11 is 0. The summed E-state index contributed by atoms with van der Waals surface area (Å²) in [7, 11) is 0. The van der Waals surface area contributed by atoms with Gasteiger partial charge >= 0.3 is 35.8 Å². The number of hydrogen-bond acceptors (Lipinski definition) is 18. The van der Waals surface area contributed by atoms with E-state index >= 15 is 0 Å². The Bertz CT molecular complexity index is 1420. The molecule has 280 valence electrons. The molecule has 1 aliphatic carbocycles. The Labute approximate surface area is 291 Å². The number of unbranched alkanes of at least 4 members (excludes halogenated alkanes) is 2. The lowest BCUT2D eigenvalue weighted by Crippen LogP contribution is -2.23. The van der Waals surface area contributed by atoms with Gasteiger partial charge in [0, 0.05) is 6.42 Å². The zero-order valence-corrected chi connectivity index (χ0v) is 27.9. The van der Waals surface area contributed by atoms with Crippen LogP contribution in [0.4, 0.5) is 0 Å². The Morgan fingerprint density at radius 3 is 2.14 bits per heavy atom. The molecule has 51 heavy (non-hydrogen) atoms. The van der Waals surface area contributed by atoms with Crippen LogP contribution in [-0.2, 0) is 62.0 Å². The van der Waals surface area contributed by atoms with Crippen LogP contribution in [0.1, 0.15) is 56.3 Å². The summed E-state index contributed by atoms with van der Waals surface area (Å²) in [5.74, 6) is -4.74. The molecular weight excluding hydrogens is 686 g/mol. The molecule has 0 radical (unpaired) electrons. The van der Waals surface area contributed by atoms with E-state index in [1.807, 2.05) is 6.92 Å². The van der Waals surface area contributed by atoms with Gasteiger partial charge in [-0.15, -0.1) is 10.1 Å². The molecule has 1 N–H and O–H groups in total. The number of nitrogens with zero attached hydrogens (tertiary/aromatic N) is 1. The summed E-state index contributed by atoms with van der Waals surface area (Å²) in [5.41, 5.74) is 0.153. The lowest BCUT2D eigenvalue weighted by molar-refractivity contribution is -0.757. The molecule has 2 rings (SSSR count).